The number of nitrogens with two attached hydrogens (primary N) is 1. The number of nitrogens with zero attached hydrogens (tertiary/aromatic N) is 2. The normalized spacial score (nSPS) is 13.7. The largest absolute Gasteiger partial charge is 0.423 e. The summed E-state index contributed by atoms with van der Waals surface area (Å²) in [7, 11) is 0. The van der Waals surface area contributed by atoms with Crippen molar-refractivity contribution in [2.45, 2.75) is 39.2 Å². The van der Waals surface area contributed by atoms with Gasteiger partial charge in [-0.25, -0.2) is 0 Å². The Hall–Kier alpha value is -2.21. The van der Waals surface area contributed by atoms with E-state index in [1.807, 2.05) is 32.0 Å². The van der Waals surface area contributed by atoms with E-state index in [9.17, 15) is 4.79 Å². The Kier molecular flexibility index (Phi) is 4.37. The van der Waals surface area contributed by atoms with E-state index in [1.54, 1.807) is 6.92 Å². The lowest BCUT2D eigenvalue weighted by Crippen LogP contribution is -2.48. The number of hydrogen-bond donors (Lipinski definition) is 2. The highest BCUT2D eigenvalue weighted by Crippen LogP contribution is 2.24. The molecule has 112 valence electrons. The van der Waals surface area contributed by atoms with Gasteiger partial charge in [-0.15, -0.1) is 10.2 Å². The van der Waals surface area contributed by atoms with Crippen molar-refractivity contribution >= 4 is 11.6 Å². The summed E-state index contributed by atoms with van der Waals surface area (Å²) in [4.78, 5) is 12.2. The predicted octanol–water partition coefficient (Wildman–Crippen LogP) is 2.50. The van der Waals surface area contributed by atoms with Gasteiger partial charge in [-0.3, -0.25) is 4.79 Å². The molecule has 0 saturated heterocycles. The summed E-state index contributed by atoms with van der Waals surface area (Å²) in [5.41, 5.74) is 7.61. The van der Waals surface area contributed by atoms with E-state index in [2.05, 4.69) is 15.5 Å². The quantitative estimate of drug-likeness (QED) is 0.881. The Morgan fingerprint density at radius 3 is 2.81 bits per heavy atom. The first kappa shape index (κ1) is 15.2. The molecule has 2 aromatic rings. The van der Waals surface area contributed by atoms with Gasteiger partial charge in [-0.2, -0.15) is 0 Å². The van der Waals surface area contributed by atoms with E-state index in [4.69, 9.17) is 10.2 Å². The smallest absolute Gasteiger partial charge is 0.247 e. The molecule has 1 heterocycles. The zero-order chi connectivity index (χ0) is 15.5. The molecule has 0 fully saturated rings. The second-order valence-electron chi connectivity index (χ2n) is 5.40. The van der Waals surface area contributed by atoms with Gasteiger partial charge in [0.25, 0.3) is 0 Å². The molecule has 1 atom stereocenters. The minimum absolute atomic E-state index is 0.182. The maximum Gasteiger partial charge on any atom is 0.247 e. The van der Waals surface area contributed by atoms with Gasteiger partial charge >= 0.3 is 0 Å². The second kappa shape index (κ2) is 6.05. The predicted molar refractivity (Wildman–Crippen MR) is 80.6 cm³/mol. The summed E-state index contributed by atoms with van der Waals surface area (Å²) in [6.45, 7) is 5.65. The first-order valence-electron chi connectivity index (χ1n) is 6.91. The molecule has 6 nitrogen and oxygen atoms in total. The lowest BCUT2D eigenvalue weighted by molar-refractivity contribution is -0.120. The molecule has 1 unspecified atom stereocenters. The standard InChI is InChI=1S/C15H20N4O2/c1-4-7-15(3,16)14(20)18-12-6-5-11(8-10(12)2)13-19-17-9-21-13/h5-6,8-9H,4,7,16H2,1-3H3,(H,18,20). The van der Waals surface area contributed by atoms with Crippen LogP contribution in [0, 0.1) is 6.92 Å². The third-order valence-corrected chi connectivity index (χ3v) is 3.37. The fourth-order valence-corrected chi connectivity index (χ4v) is 2.13. The van der Waals surface area contributed by atoms with Crippen LogP contribution < -0.4 is 11.1 Å². The van der Waals surface area contributed by atoms with Crippen molar-refractivity contribution in [2.24, 2.45) is 5.73 Å². The average molecular weight is 288 g/mol. The zero-order valence-electron chi connectivity index (χ0n) is 12.5. The highest BCUT2D eigenvalue weighted by Gasteiger charge is 2.27. The number of nitrogens with one attached hydrogen (secondary N) is 1. The minimum atomic E-state index is -0.869. The Morgan fingerprint density at radius 1 is 1.48 bits per heavy atom. The number of carbonyl (C=O) groups excluding carboxylic acids is 1. The van der Waals surface area contributed by atoms with E-state index >= 15 is 0 Å². The molecule has 21 heavy (non-hydrogen) atoms. The number of aryl methyl sites for hydroxylation is 1. The maximum absolute atomic E-state index is 12.2. The second-order valence-corrected chi connectivity index (χ2v) is 5.40. The number of aromatic nitrogens is 2. The third-order valence-electron chi connectivity index (χ3n) is 3.37. The van der Waals surface area contributed by atoms with Crippen LogP contribution in [0.25, 0.3) is 11.5 Å². The van der Waals surface area contributed by atoms with Crippen LogP contribution in [-0.4, -0.2) is 21.6 Å². The van der Waals surface area contributed by atoms with Crippen LogP contribution in [0.2, 0.25) is 0 Å². The lowest BCUT2D eigenvalue weighted by atomic mass is 9.96. The SMILES string of the molecule is CCCC(C)(N)C(=O)Nc1ccc(-c2nnco2)cc1C. The van der Waals surface area contributed by atoms with Gasteiger partial charge in [0.15, 0.2) is 0 Å². The number of rotatable bonds is 5. The lowest BCUT2D eigenvalue weighted by Gasteiger charge is -2.23. The van der Waals surface area contributed by atoms with Crippen molar-refractivity contribution in [2.75, 3.05) is 5.32 Å². The van der Waals surface area contributed by atoms with Gasteiger partial charge in [0.1, 0.15) is 0 Å². The van der Waals surface area contributed by atoms with E-state index in [0.29, 0.717) is 12.3 Å². The van der Waals surface area contributed by atoms with E-state index in [1.165, 1.54) is 6.39 Å². The first-order valence-corrected chi connectivity index (χ1v) is 6.91. The molecule has 0 radical (unpaired) electrons. The summed E-state index contributed by atoms with van der Waals surface area (Å²) in [6, 6.07) is 5.52. The summed E-state index contributed by atoms with van der Waals surface area (Å²) < 4.78 is 5.15. The number of hydrogen-bond acceptors (Lipinski definition) is 5. The van der Waals surface area contributed by atoms with Crippen LogP contribution in [0.4, 0.5) is 5.69 Å². The van der Waals surface area contributed by atoms with E-state index < -0.39 is 5.54 Å². The van der Waals surface area contributed by atoms with Gasteiger partial charge in [-0.05, 0) is 44.0 Å². The summed E-state index contributed by atoms with van der Waals surface area (Å²) in [5.74, 6) is 0.267. The fourth-order valence-electron chi connectivity index (χ4n) is 2.13. The molecule has 0 saturated carbocycles. The van der Waals surface area contributed by atoms with Gasteiger partial charge in [0, 0.05) is 11.3 Å². The molecule has 1 amide bonds. The van der Waals surface area contributed by atoms with Crippen molar-refractivity contribution in [3.63, 3.8) is 0 Å². The van der Waals surface area contributed by atoms with Crippen LogP contribution in [0.1, 0.15) is 32.3 Å². The summed E-state index contributed by atoms with van der Waals surface area (Å²) in [5, 5.41) is 10.4. The van der Waals surface area contributed by atoms with Crippen LogP contribution in [0.5, 0.6) is 0 Å². The molecule has 0 aliphatic rings. The molecule has 0 aliphatic carbocycles. The molecule has 1 aromatic carbocycles. The molecular formula is C15H20N4O2. The van der Waals surface area contributed by atoms with Crippen molar-refractivity contribution < 1.29 is 9.21 Å². The van der Waals surface area contributed by atoms with Gasteiger partial charge in [0.05, 0.1) is 5.54 Å². The van der Waals surface area contributed by atoms with Crippen LogP contribution >= 0.6 is 0 Å². The molecular weight excluding hydrogens is 268 g/mol. The molecule has 1 aromatic heterocycles. The van der Waals surface area contributed by atoms with Crippen LogP contribution in [0.15, 0.2) is 29.0 Å². The highest BCUT2D eigenvalue weighted by atomic mass is 16.4. The van der Waals surface area contributed by atoms with E-state index in [-0.39, 0.29) is 5.91 Å². The molecule has 2 rings (SSSR count). The minimum Gasteiger partial charge on any atom is -0.423 e. The summed E-state index contributed by atoms with van der Waals surface area (Å²) >= 11 is 0. The van der Waals surface area contributed by atoms with Crippen LogP contribution in [0.3, 0.4) is 0 Å². The molecule has 0 spiro atoms. The van der Waals surface area contributed by atoms with Gasteiger partial charge < -0.3 is 15.5 Å². The topological polar surface area (TPSA) is 94.0 Å². The molecule has 0 bridgehead atoms. The summed E-state index contributed by atoms with van der Waals surface area (Å²) in [6.07, 6.45) is 2.78. The Balaban J connectivity index is 2.17. The monoisotopic (exact) mass is 288 g/mol. The van der Waals surface area contributed by atoms with Crippen molar-refractivity contribution in [1.29, 1.82) is 0 Å². The van der Waals surface area contributed by atoms with Crippen molar-refractivity contribution in [1.82, 2.24) is 10.2 Å². The third kappa shape index (κ3) is 3.46. The zero-order valence-corrected chi connectivity index (χ0v) is 12.5. The molecule has 0 aliphatic heterocycles. The van der Waals surface area contributed by atoms with Gasteiger partial charge in [-0.1, -0.05) is 13.3 Å². The first-order chi connectivity index (χ1) is 9.94. The molecule has 3 N–H and O–H groups in total. The molecule has 6 heteroatoms. The number of benzene rings is 1. The maximum atomic E-state index is 12.2. The number of anilines is 1. The van der Waals surface area contributed by atoms with Gasteiger partial charge in [0.2, 0.25) is 18.2 Å². The average Bonchev–Trinajstić information content (AvgIpc) is 2.94. The van der Waals surface area contributed by atoms with E-state index in [0.717, 1.165) is 23.2 Å². The van der Waals surface area contributed by atoms with Crippen molar-refractivity contribution in [3.05, 3.63) is 30.2 Å². The number of carbonyl (C=O) groups is 1. The number of amides is 1. The highest BCUT2D eigenvalue weighted by molar-refractivity contribution is 5.98. The Bertz CT molecular complexity index is 621. The Morgan fingerprint density at radius 2 is 2.24 bits per heavy atom. The fraction of sp³-hybridized carbons (Fsp3) is 0.400. The Labute approximate surface area is 123 Å². The van der Waals surface area contributed by atoms with Crippen molar-refractivity contribution in [3.8, 4) is 11.5 Å². The van der Waals surface area contributed by atoms with Crippen LogP contribution in [-0.2, 0) is 4.79 Å².